The highest BCUT2D eigenvalue weighted by molar-refractivity contribution is 5.75. The van der Waals surface area contributed by atoms with Gasteiger partial charge in [0.15, 0.2) is 6.29 Å². The number of hydrogen-bond donors (Lipinski definition) is 3. The van der Waals surface area contributed by atoms with Crippen molar-refractivity contribution in [1.29, 1.82) is 0 Å². The number of likely N-dealkylation sites (N-methyl/N-ethyl adjacent to an activating group) is 1. The van der Waals surface area contributed by atoms with Crippen LogP contribution in [0.2, 0.25) is 0 Å². The molecule has 0 aliphatic carbocycles. The molecule has 8 nitrogen and oxygen atoms in total. The second kappa shape index (κ2) is 17.1. The van der Waals surface area contributed by atoms with Crippen LogP contribution >= 0.6 is 0 Å². The lowest BCUT2D eigenvalue weighted by atomic mass is 9.99. The van der Waals surface area contributed by atoms with E-state index in [1.807, 2.05) is 54.6 Å². The lowest BCUT2D eigenvalue weighted by Crippen LogP contribution is -2.38. The number of carbonyl (C=O) groups is 2. The molecular formula is C36H46N2O6. The fourth-order valence-corrected chi connectivity index (χ4v) is 5.50. The Morgan fingerprint density at radius 2 is 1.50 bits per heavy atom. The van der Waals surface area contributed by atoms with Crippen molar-refractivity contribution in [2.75, 3.05) is 13.6 Å². The van der Waals surface area contributed by atoms with E-state index in [1.54, 1.807) is 0 Å². The van der Waals surface area contributed by atoms with Crippen LogP contribution in [0.5, 0.6) is 0 Å². The van der Waals surface area contributed by atoms with Crippen LogP contribution in [0.25, 0.3) is 0 Å². The second-order valence-corrected chi connectivity index (χ2v) is 11.7. The van der Waals surface area contributed by atoms with Crippen LogP contribution in [0.3, 0.4) is 0 Å². The summed E-state index contributed by atoms with van der Waals surface area (Å²) in [6.45, 7) is 3.39. The Morgan fingerprint density at radius 3 is 2.16 bits per heavy atom. The average molecular weight is 603 g/mol. The van der Waals surface area contributed by atoms with Gasteiger partial charge < -0.3 is 25.0 Å². The van der Waals surface area contributed by atoms with Gasteiger partial charge in [-0.3, -0.25) is 14.5 Å². The molecule has 0 bridgehead atoms. The molecule has 1 heterocycles. The largest absolute Gasteiger partial charge is 0.481 e. The van der Waals surface area contributed by atoms with Gasteiger partial charge in [0.2, 0.25) is 5.91 Å². The monoisotopic (exact) mass is 602 g/mol. The molecular weight excluding hydrogens is 556 g/mol. The summed E-state index contributed by atoms with van der Waals surface area (Å²) in [6.07, 6.45) is 3.66. The first-order valence-electron chi connectivity index (χ1n) is 15.7. The number of nitrogens with zero attached hydrogens (tertiary/aromatic N) is 1. The Hall–Kier alpha value is -3.56. The number of aliphatic hydroxyl groups excluding tert-OH is 1. The van der Waals surface area contributed by atoms with Gasteiger partial charge in [0, 0.05) is 44.0 Å². The third-order valence-corrected chi connectivity index (χ3v) is 8.34. The van der Waals surface area contributed by atoms with Crippen molar-refractivity contribution in [3.05, 3.63) is 107 Å². The number of hydrogen-bond acceptors (Lipinski definition) is 6. The zero-order valence-electron chi connectivity index (χ0n) is 25.9. The molecule has 8 heteroatoms. The van der Waals surface area contributed by atoms with Gasteiger partial charge in [-0.2, -0.15) is 0 Å². The van der Waals surface area contributed by atoms with Gasteiger partial charge >= 0.3 is 5.97 Å². The maximum atomic E-state index is 12.3. The van der Waals surface area contributed by atoms with E-state index < -0.39 is 12.3 Å². The molecule has 236 valence electrons. The third-order valence-electron chi connectivity index (χ3n) is 8.34. The number of rotatable bonds is 16. The fourth-order valence-electron chi connectivity index (χ4n) is 5.50. The Balaban J connectivity index is 1.36. The minimum absolute atomic E-state index is 0.00184. The smallest absolute Gasteiger partial charge is 0.303 e. The van der Waals surface area contributed by atoms with Crippen LogP contribution in [0.15, 0.2) is 78.9 Å². The minimum atomic E-state index is -0.774. The maximum Gasteiger partial charge on any atom is 0.303 e. The molecule has 4 atom stereocenters. The van der Waals surface area contributed by atoms with Crippen molar-refractivity contribution in [3.63, 3.8) is 0 Å². The summed E-state index contributed by atoms with van der Waals surface area (Å²) >= 11 is 0. The van der Waals surface area contributed by atoms with Crippen molar-refractivity contribution < 1.29 is 29.3 Å². The van der Waals surface area contributed by atoms with E-state index in [2.05, 4.69) is 48.5 Å². The quantitative estimate of drug-likeness (QED) is 0.162. The van der Waals surface area contributed by atoms with E-state index in [0.717, 1.165) is 48.1 Å². The van der Waals surface area contributed by atoms with Crippen LogP contribution in [0, 0.1) is 0 Å². The number of ether oxygens (including phenoxy) is 2. The van der Waals surface area contributed by atoms with Crippen LogP contribution in [-0.2, 0) is 32.2 Å². The number of aliphatic hydroxyl groups is 1. The molecule has 1 saturated heterocycles. The summed E-state index contributed by atoms with van der Waals surface area (Å²) in [6, 6.07) is 26.6. The summed E-state index contributed by atoms with van der Waals surface area (Å²) < 4.78 is 13.0. The van der Waals surface area contributed by atoms with Gasteiger partial charge in [-0.1, -0.05) is 91.7 Å². The second-order valence-electron chi connectivity index (χ2n) is 11.7. The molecule has 3 N–H and O–H groups in total. The normalized spacial score (nSPS) is 19.0. The lowest BCUT2D eigenvalue weighted by molar-refractivity contribution is -0.253. The van der Waals surface area contributed by atoms with Crippen LogP contribution in [0.4, 0.5) is 0 Å². The molecule has 1 amide bonds. The predicted molar refractivity (Wildman–Crippen MR) is 170 cm³/mol. The molecule has 4 unspecified atom stereocenters. The number of carboxylic acid groups (broad SMARTS) is 1. The van der Waals surface area contributed by atoms with Crippen LogP contribution in [0.1, 0.15) is 98.1 Å². The van der Waals surface area contributed by atoms with E-state index in [4.69, 9.17) is 14.6 Å². The lowest BCUT2D eigenvalue weighted by Gasteiger charge is -2.39. The standard InChI is InChI=1S/C36H46N2O6/c1-26(29-10-6-5-7-11-29)38(2)24-32-22-33(30-18-16-28(25-39)17-19-30)44-36(43-32)31-20-14-27(15-21-31)23-37-34(40)12-8-3-4-9-13-35(41)42/h5-7,10-11,14-21,26,32-33,36,39H,3-4,8-9,12-13,22-25H2,1-2H3,(H,37,40)(H,41,42). The fraction of sp³-hybridized carbons (Fsp3) is 0.444. The minimum Gasteiger partial charge on any atom is -0.481 e. The SMILES string of the molecule is CC(c1ccccc1)N(C)CC1CC(c2ccc(CO)cc2)OC(c2ccc(CNC(=O)CCCCCCC(=O)O)cc2)O1. The summed E-state index contributed by atoms with van der Waals surface area (Å²) in [5, 5.41) is 21.2. The summed E-state index contributed by atoms with van der Waals surface area (Å²) in [7, 11) is 2.12. The molecule has 1 fully saturated rings. The van der Waals surface area contributed by atoms with E-state index in [-0.39, 0.29) is 37.2 Å². The summed E-state index contributed by atoms with van der Waals surface area (Å²) in [5.74, 6) is -0.775. The first-order chi connectivity index (χ1) is 21.3. The highest BCUT2D eigenvalue weighted by atomic mass is 16.7. The molecule has 1 aliphatic heterocycles. The number of carbonyl (C=O) groups excluding carboxylic acids is 1. The van der Waals surface area contributed by atoms with Gasteiger partial charge in [-0.15, -0.1) is 0 Å². The van der Waals surface area contributed by atoms with E-state index >= 15 is 0 Å². The first kappa shape index (κ1) is 33.3. The average Bonchev–Trinajstić information content (AvgIpc) is 3.05. The Labute approximate surface area is 261 Å². The molecule has 3 aromatic rings. The first-order valence-corrected chi connectivity index (χ1v) is 15.7. The van der Waals surface area contributed by atoms with E-state index in [1.165, 1.54) is 5.56 Å². The van der Waals surface area contributed by atoms with Crippen molar-refractivity contribution >= 4 is 11.9 Å². The van der Waals surface area contributed by atoms with Gasteiger partial charge in [-0.05, 0) is 49.1 Å². The molecule has 0 saturated carbocycles. The summed E-state index contributed by atoms with van der Waals surface area (Å²) in [4.78, 5) is 25.2. The Kier molecular flexibility index (Phi) is 12.9. The van der Waals surface area contributed by atoms with Crippen LogP contribution in [-0.4, -0.2) is 46.7 Å². The number of benzene rings is 3. The zero-order valence-corrected chi connectivity index (χ0v) is 25.9. The molecule has 0 aromatic heterocycles. The number of nitrogens with one attached hydrogen (secondary N) is 1. The third kappa shape index (κ3) is 10.3. The summed E-state index contributed by atoms with van der Waals surface area (Å²) in [5.41, 5.74) is 5.09. The van der Waals surface area contributed by atoms with Gasteiger partial charge in [-0.25, -0.2) is 0 Å². The molecule has 3 aromatic carbocycles. The molecule has 0 spiro atoms. The molecule has 0 radical (unpaired) electrons. The zero-order chi connectivity index (χ0) is 31.3. The van der Waals surface area contributed by atoms with Crippen molar-refractivity contribution in [3.8, 4) is 0 Å². The van der Waals surface area contributed by atoms with Gasteiger partial charge in [0.25, 0.3) is 0 Å². The maximum absolute atomic E-state index is 12.3. The van der Waals surface area contributed by atoms with Gasteiger partial charge in [0.1, 0.15) is 0 Å². The number of amides is 1. The van der Waals surface area contributed by atoms with E-state index in [0.29, 0.717) is 25.8 Å². The van der Waals surface area contributed by atoms with E-state index in [9.17, 15) is 14.7 Å². The molecule has 4 rings (SSSR count). The Morgan fingerprint density at radius 1 is 0.864 bits per heavy atom. The van der Waals surface area contributed by atoms with Crippen molar-refractivity contribution in [2.45, 2.75) is 89.6 Å². The molecule has 1 aliphatic rings. The number of unbranched alkanes of at least 4 members (excludes halogenated alkanes) is 3. The predicted octanol–water partition coefficient (Wildman–Crippen LogP) is 6.46. The number of aliphatic carboxylic acids is 1. The molecule has 44 heavy (non-hydrogen) atoms. The highest BCUT2D eigenvalue weighted by Gasteiger charge is 2.33. The number of carboxylic acids is 1. The highest BCUT2D eigenvalue weighted by Crippen LogP contribution is 2.38. The Bertz CT molecular complexity index is 1300. The van der Waals surface area contributed by atoms with Crippen molar-refractivity contribution in [2.24, 2.45) is 0 Å². The van der Waals surface area contributed by atoms with Gasteiger partial charge in [0.05, 0.1) is 18.8 Å². The topological polar surface area (TPSA) is 108 Å². The van der Waals surface area contributed by atoms with Crippen molar-refractivity contribution in [1.82, 2.24) is 10.2 Å². The van der Waals surface area contributed by atoms with Crippen LogP contribution < -0.4 is 5.32 Å².